The standard InChI is InChI=1S/C13H13N3O4/c14-9-3-1-2-7(8(9)6-17)12(19)15-10-4-5-11(18)16-13(10)20/h1-3,6,10H,4-5,14H2,(H,15,19)(H,16,18,20). The molecule has 0 aromatic heterocycles. The van der Waals surface area contributed by atoms with Gasteiger partial charge in [0.2, 0.25) is 11.8 Å². The van der Waals surface area contributed by atoms with Crippen LogP contribution in [0.1, 0.15) is 33.6 Å². The lowest BCUT2D eigenvalue weighted by Crippen LogP contribution is -2.52. The Balaban J connectivity index is 2.17. The molecule has 0 aliphatic carbocycles. The van der Waals surface area contributed by atoms with Gasteiger partial charge in [0.15, 0.2) is 6.29 Å². The van der Waals surface area contributed by atoms with Crippen molar-refractivity contribution in [3.05, 3.63) is 29.3 Å². The maximum atomic E-state index is 12.1. The van der Waals surface area contributed by atoms with Crippen molar-refractivity contribution in [2.45, 2.75) is 18.9 Å². The number of amides is 3. The van der Waals surface area contributed by atoms with E-state index in [2.05, 4.69) is 10.6 Å². The van der Waals surface area contributed by atoms with Crippen molar-refractivity contribution in [3.63, 3.8) is 0 Å². The summed E-state index contributed by atoms with van der Waals surface area (Å²) >= 11 is 0. The molecule has 0 radical (unpaired) electrons. The van der Waals surface area contributed by atoms with Crippen LogP contribution < -0.4 is 16.4 Å². The van der Waals surface area contributed by atoms with Crippen molar-refractivity contribution in [1.29, 1.82) is 0 Å². The first-order chi connectivity index (χ1) is 9.52. The summed E-state index contributed by atoms with van der Waals surface area (Å²) in [6.45, 7) is 0. The fourth-order valence-electron chi connectivity index (χ4n) is 1.98. The predicted molar refractivity (Wildman–Crippen MR) is 69.9 cm³/mol. The fraction of sp³-hybridized carbons (Fsp3) is 0.231. The number of hydrogen-bond donors (Lipinski definition) is 3. The summed E-state index contributed by atoms with van der Waals surface area (Å²) in [4.78, 5) is 45.6. The lowest BCUT2D eigenvalue weighted by atomic mass is 10.0. The molecule has 4 N–H and O–H groups in total. The third-order valence-corrected chi connectivity index (χ3v) is 3.05. The van der Waals surface area contributed by atoms with E-state index in [1.165, 1.54) is 12.1 Å². The number of carbonyl (C=O) groups excluding carboxylic acids is 4. The van der Waals surface area contributed by atoms with Gasteiger partial charge in [0.1, 0.15) is 6.04 Å². The SMILES string of the molecule is Nc1cccc(C(=O)NC2CCC(=O)NC2=O)c1C=O. The van der Waals surface area contributed by atoms with Crippen molar-refractivity contribution < 1.29 is 19.2 Å². The smallest absolute Gasteiger partial charge is 0.252 e. The molecule has 0 saturated carbocycles. The summed E-state index contributed by atoms with van der Waals surface area (Å²) in [7, 11) is 0. The summed E-state index contributed by atoms with van der Waals surface area (Å²) in [5.41, 5.74) is 5.99. The minimum absolute atomic E-state index is 0.0808. The molecule has 1 atom stereocenters. The van der Waals surface area contributed by atoms with Gasteiger partial charge in [-0.3, -0.25) is 24.5 Å². The topological polar surface area (TPSA) is 118 Å². The Bertz CT molecular complexity index is 597. The number of hydrogen-bond acceptors (Lipinski definition) is 5. The minimum atomic E-state index is -0.791. The first-order valence-corrected chi connectivity index (χ1v) is 6.01. The minimum Gasteiger partial charge on any atom is -0.398 e. The molecule has 104 valence electrons. The normalized spacial score (nSPS) is 18.3. The van der Waals surface area contributed by atoms with E-state index in [0.29, 0.717) is 6.29 Å². The Morgan fingerprint density at radius 2 is 2.15 bits per heavy atom. The van der Waals surface area contributed by atoms with Gasteiger partial charge in [-0.2, -0.15) is 0 Å². The Morgan fingerprint density at radius 3 is 2.80 bits per heavy atom. The largest absolute Gasteiger partial charge is 0.398 e. The second kappa shape index (κ2) is 5.52. The van der Waals surface area contributed by atoms with Gasteiger partial charge >= 0.3 is 0 Å². The molecule has 1 saturated heterocycles. The van der Waals surface area contributed by atoms with Gasteiger partial charge in [-0.05, 0) is 18.6 Å². The molecular formula is C13H13N3O4. The number of imide groups is 1. The van der Waals surface area contributed by atoms with Crippen LogP contribution in [0, 0.1) is 0 Å². The molecule has 1 aliphatic heterocycles. The third-order valence-electron chi connectivity index (χ3n) is 3.05. The van der Waals surface area contributed by atoms with E-state index in [9.17, 15) is 19.2 Å². The van der Waals surface area contributed by atoms with Gasteiger partial charge in [-0.25, -0.2) is 0 Å². The van der Waals surface area contributed by atoms with Crippen LogP contribution in [0.25, 0.3) is 0 Å². The number of rotatable bonds is 3. The van der Waals surface area contributed by atoms with Crippen molar-refractivity contribution in [1.82, 2.24) is 10.6 Å². The van der Waals surface area contributed by atoms with Crippen LogP contribution in [-0.2, 0) is 9.59 Å². The van der Waals surface area contributed by atoms with Crippen LogP contribution >= 0.6 is 0 Å². The van der Waals surface area contributed by atoms with Crippen LogP contribution in [0.2, 0.25) is 0 Å². The molecule has 1 unspecified atom stereocenters. The maximum Gasteiger partial charge on any atom is 0.252 e. The maximum absolute atomic E-state index is 12.1. The molecule has 0 spiro atoms. The van der Waals surface area contributed by atoms with E-state index in [4.69, 9.17) is 5.73 Å². The molecule has 7 nitrogen and oxygen atoms in total. The number of nitrogens with two attached hydrogens (primary N) is 1. The molecule has 1 aromatic rings. The average molecular weight is 275 g/mol. The molecule has 1 aliphatic rings. The molecule has 3 amide bonds. The monoisotopic (exact) mass is 275 g/mol. The molecule has 20 heavy (non-hydrogen) atoms. The highest BCUT2D eigenvalue weighted by Crippen LogP contribution is 2.15. The molecular weight excluding hydrogens is 262 g/mol. The number of nitrogens with one attached hydrogen (secondary N) is 2. The highest BCUT2D eigenvalue weighted by atomic mass is 16.2. The van der Waals surface area contributed by atoms with Crippen molar-refractivity contribution in [2.24, 2.45) is 0 Å². The van der Waals surface area contributed by atoms with Crippen LogP contribution in [0.15, 0.2) is 18.2 Å². The molecule has 1 aromatic carbocycles. The number of carbonyl (C=O) groups is 4. The zero-order valence-corrected chi connectivity index (χ0v) is 10.5. The zero-order valence-electron chi connectivity index (χ0n) is 10.5. The Kier molecular flexibility index (Phi) is 3.79. The Labute approximate surface area is 114 Å². The van der Waals surface area contributed by atoms with Gasteiger partial charge in [0.25, 0.3) is 5.91 Å². The van der Waals surface area contributed by atoms with Crippen LogP contribution in [0.5, 0.6) is 0 Å². The van der Waals surface area contributed by atoms with Crippen LogP contribution in [0.3, 0.4) is 0 Å². The van der Waals surface area contributed by atoms with Crippen LogP contribution in [-0.4, -0.2) is 30.0 Å². The third kappa shape index (κ3) is 2.66. The van der Waals surface area contributed by atoms with E-state index in [1.807, 2.05) is 0 Å². The summed E-state index contributed by atoms with van der Waals surface area (Å²) in [6.07, 6.45) is 0.887. The molecule has 1 fully saturated rings. The van der Waals surface area contributed by atoms with E-state index >= 15 is 0 Å². The molecule has 2 rings (SSSR count). The molecule has 7 heteroatoms. The highest BCUT2D eigenvalue weighted by molar-refractivity contribution is 6.07. The van der Waals surface area contributed by atoms with E-state index in [-0.39, 0.29) is 35.6 Å². The second-order valence-corrected chi connectivity index (χ2v) is 4.40. The number of anilines is 1. The number of piperidine rings is 1. The molecule has 0 bridgehead atoms. The summed E-state index contributed by atoms with van der Waals surface area (Å²) in [5, 5.41) is 4.63. The molecule has 1 heterocycles. The van der Waals surface area contributed by atoms with Gasteiger partial charge in [0.05, 0.1) is 5.56 Å². The number of aldehydes is 1. The predicted octanol–water partition coefficient (Wildman–Crippen LogP) is -0.384. The van der Waals surface area contributed by atoms with Crippen LogP contribution in [0.4, 0.5) is 5.69 Å². The Hall–Kier alpha value is -2.70. The highest BCUT2D eigenvalue weighted by Gasteiger charge is 2.28. The van der Waals surface area contributed by atoms with Gasteiger partial charge in [-0.15, -0.1) is 0 Å². The van der Waals surface area contributed by atoms with E-state index in [0.717, 1.165) is 0 Å². The second-order valence-electron chi connectivity index (χ2n) is 4.40. The first-order valence-electron chi connectivity index (χ1n) is 6.01. The fourth-order valence-corrected chi connectivity index (χ4v) is 1.98. The lowest BCUT2D eigenvalue weighted by Gasteiger charge is -2.22. The first kappa shape index (κ1) is 13.7. The van der Waals surface area contributed by atoms with Crippen molar-refractivity contribution in [3.8, 4) is 0 Å². The Morgan fingerprint density at radius 1 is 1.40 bits per heavy atom. The average Bonchev–Trinajstić information content (AvgIpc) is 2.41. The lowest BCUT2D eigenvalue weighted by molar-refractivity contribution is -0.134. The zero-order chi connectivity index (χ0) is 14.7. The van der Waals surface area contributed by atoms with Gasteiger partial charge in [-0.1, -0.05) is 6.07 Å². The number of nitrogen functional groups attached to an aromatic ring is 1. The summed E-state index contributed by atoms with van der Waals surface area (Å²) in [6, 6.07) is 3.70. The summed E-state index contributed by atoms with van der Waals surface area (Å²) < 4.78 is 0. The van der Waals surface area contributed by atoms with Gasteiger partial charge < -0.3 is 11.1 Å². The van der Waals surface area contributed by atoms with E-state index in [1.54, 1.807) is 6.07 Å². The number of benzene rings is 1. The van der Waals surface area contributed by atoms with Crippen molar-refractivity contribution in [2.75, 3.05) is 5.73 Å². The van der Waals surface area contributed by atoms with Crippen molar-refractivity contribution >= 4 is 29.7 Å². The summed E-state index contributed by atoms with van der Waals surface area (Å²) in [5.74, 6) is -1.49. The quantitative estimate of drug-likeness (QED) is 0.394. The van der Waals surface area contributed by atoms with Gasteiger partial charge in [0, 0.05) is 17.7 Å². The van der Waals surface area contributed by atoms with E-state index < -0.39 is 17.9 Å².